The number of nitrogens with one attached hydrogen (secondary N) is 1. The molecule has 0 bridgehead atoms. The number of fused-ring (bicyclic) bond motifs is 1. The van der Waals surface area contributed by atoms with E-state index in [2.05, 4.69) is 20.3 Å². The Morgan fingerprint density at radius 2 is 2.00 bits per heavy atom. The van der Waals surface area contributed by atoms with E-state index in [1.165, 1.54) is 11.3 Å². The molecule has 6 nitrogen and oxygen atoms in total. The van der Waals surface area contributed by atoms with Crippen molar-refractivity contribution >= 4 is 33.1 Å². The van der Waals surface area contributed by atoms with Crippen LogP contribution in [0.3, 0.4) is 0 Å². The van der Waals surface area contributed by atoms with E-state index in [1.807, 2.05) is 63.2 Å². The number of anilines is 1. The van der Waals surface area contributed by atoms with Gasteiger partial charge < -0.3 is 10.1 Å². The van der Waals surface area contributed by atoms with E-state index in [0.717, 1.165) is 39.4 Å². The van der Waals surface area contributed by atoms with Crippen molar-refractivity contribution in [2.75, 3.05) is 5.32 Å². The molecule has 3 heterocycles. The summed E-state index contributed by atoms with van der Waals surface area (Å²) >= 11 is 1.40. The van der Waals surface area contributed by atoms with Gasteiger partial charge in [-0.3, -0.25) is 9.78 Å². The average Bonchev–Trinajstić information content (AvgIpc) is 3.10. The molecule has 0 aliphatic heterocycles. The van der Waals surface area contributed by atoms with Gasteiger partial charge in [-0.25, -0.2) is 9.97 Å². The lowest BCUT2D eigenvalue weighted by Gasteiger charge is -2.09. The van der Waals surface area contributed by atoms with Crippen molar-refractivity contribution in [3.63, 3.8) is 0 Å². The van der Waals surface area contributed by atoms with E-state index < -0.39 is 0 Å². The van der Waals surface area contributed by atoms with E-state index in [9.17, 15) is 4.79 Å². The molecule has 0 aliphatic carbocycles. The molecule has 30 heavy (non-hydrogen) atoms. The lowest BCUT2D eigenvalue weighted by Crippen LogP contribution is -2.11. The fourth-order valence-corrected chi connectivity index (χ4v) is 4.41. The van der Waals surface area contributed by atoms with Crippen molar-refractivity contribution in [3.8, 4) is 5.75 Å². The fraction of sp³-hybridized carbons (Fsp3) is 0.217. The third-order valence-corrected chi connectivity index (χ3v) is 5.93. The van der Waals surface area contributed by atoms with Crippen molar-refractivity contribution in [1.29, 1.82) is 0 Å². The van der Waals surface area contributed by atoms with Crippen LogP contribution < -0.4 is 10.1 Å². The summed E-state index contributed by atoms with van der Waals surface area (Å²) in [6.07, 6.45) is 2.50. The van der Waals surface area contributed by atoms with Crippen LogP contribution in [0.2, 0.25) is 0 Å². The van der Waals surface area contributed by atoms with Crippen molar-refractivity contribution in [3.05, 3.63) is 76.3 Å². The Hall–Kier alpha value is -3.32. The Bertz CT molecular complexity index is 1200. The predicted molar refractivity (Wildman–Crippen MR) is 119 cm³/mol. The van der Waals surface area contributed by atoms with Gasteiger partial charge in [-0.05, 0) is 43.7 Å². The molecule has 7 heteroatoms. The molecule has 0 saturated carbocycles. The standard InChI is InChI=1S/C23H22N4O2S/c1-4-19-25-15(3)20-14(2)21(30-23(20)27-19)22(28)26-16-9-7-10-18(12-16)29-13-17-8-5-6-11-24-17/h5-12H,4,13H2,1-3H3,(H,26,28). The number of rotatable bonds is 6. The van der Waals surface area contributed by atoms with Crippen LogP contribution in [0.25, 0.3) is 10.2 Å². The summed E-state index contributed by atoms with van der Waals surface area (Å²) < 4.78 is 5.80. The molecule has 4 rings (SSSR count). The molecule has 1 N–H and O–H groups in total. The van der Waals surface area contributed by atoms with Crippen LogP contribution in [0.15, 0.2) is 48.7 Å². The number of aryl methyl sites for hydroxylation is 3. The normalized spacial score (nSPS) is 10.9. The molecule has 0 aliphatic rings. The highest BCUT2D eigenvalue weighted by molar-refractivity contribution is 7.20. The topological polar surface area (TPSA) is 77.0 Å². The molecular weight excluding hydrogens is 396 g/mol. The van der Waals surface area contributed by atoms with Gasteiger partial charge >= 0.3 is 0 Å². The zero-order chi connectivity index (χ0) is 21.1. The van der Waals surface area contributed by atoms with Gasteiger partial charge in [0, 0.05) is 35.5 Å². The minimum Gasteiger partial charge on any atom is -0.487 e. The first kappa shape index (κ1) is 20.0. The molecule has 0 radical (unpaired) electrons. The predicted octanol–water partition coefficient (Wildman–Crippen LogP) is 5.10. The molecule has 0 atom stereocenters. The first-order chi connectivity index (χ1) is 14.5. The van der Waals surface area contributed by atoms with E-state index >= 15 is 0 Å². The molecule has 0 unspecified atom stereocenters. The monoisotopic (exact) mass is 418 g/mol. The average molecular weight is 419 g/mol. The molecule has 0 fully saturated rings. The molecule has 0 saturated heterocycles. The number of pyridine rings is 1. The molecule has 152 valence electrons. The van der Waals surface area contributed by atoms with Gasteiger partial charge in [-0.2, -0.15) is 0 Å². The minimum absolute atomic E-state index is 0.158. The van der Waals surface area contributed by atoms with Gasteiger partial charge in [0.1, 0.15) is 23.0 Å². The number of ether oxygens (including phenoxy) is 1. The lowest BCUT2D eigenvalue weighted by atomic mass is 10.1. The third kappa shape index (κ3) is 4.16. The summed E-state index contributed by atoms with van der Waals surface area (Å²) in [5, 5.41) is 3.94. The van der Waals surface area contributed by atoms with Crippen LogP contribution in [0.1, 0.15) is 39.4 Å². The van der Waals surface area contributed by atoms with Gasteiger partial charge in [0.2, 0.25) is 0 Å². The first-order valence-electron chi connectivity index (χ1n) is 9.76. The maximum atomic E-state index is 13.0. The highest BCUT2D eigenvalue weighted by Crippen LogP contribution is 2.32. The smallest absolute Gasteiger partial charge is 0.266 e. The number of aromatic nitrogens is 3. The second-order valence-corrected chi connectivity index (χ2v) is 7.91. The Morgan fingerprint density at radius 1 is 1.13 bits per heavy atom. The van der Waals surface area contributed by atoms with E-state index in [-0.39, 0.29) is 5.91 Å². The maximum absolute atomic E-state index is 13.0. The zero-order valence-corrected chi connectivity index (χ0v) is 17.9. The number of benzene rings is 1. The number of nitrogens with zero attached hydrogens (tertiary/aromatic N) is 3. The highest BCUT2D eigenvalue weighted by Gasteiger charge is 2.19. The number of thiophene rings is 1. The summed E-state index contributed by atoms with van der Waals surface area (Å²) in [4.78, 5) is 27.8. The highest BCUT2D eigenvalue weighted by atomic mass is 32.1. The van der Waals surface area contributed by atoms with Gasteiger partial charge in [0.25, 0.3) is 5.91 Å². The minimum atomic E-state index is -0.158. The van der Waals surface area contributed by atoms with Crippen LogP contribution in [0.4, 0.5) is 5.69 Å². The third-order valence-electron chi connectivity index (χ3n) is 4.74. The van der Waals surface area contributed by atoms with E-state index in [1.54, 1.807) is 6.20 Å². The Balaban J connectivity index is 1.53. The van der Waals surface area contributed by atoms with Crippen LogP contribution in [-0.4, -0.2) is 20.9 Å². The lowest BCUT2D eigenvalue weighted by molar-refractivity contribution is 0.103. The van der Waals surface area contributed by atoms with E-state index in [4.69, 9.17) is 4.74 Å². The maximum Gasteiger partial charge on any atom is 0.266 e. The second kappa shape index (κ2) is 8.59. The summed E-state index contributed by atoms with van der Waals surface area (Å²) in [5.41, 5.74) is 3.34. The quantitative estimate of drug-likeness (QED) is 0.472. The Labute approximate surface area is 179 Å². The molecule has 3 aromatic heterocycles. The molecule has 0 spiro atoms. The van der Waals surface area contributed by atoms with Gasteiger partial charge in [0.15, 0.2) is 0 Å². The SMILES string of the molecule is CCc1nc(C)c2c(C)c(C(=O)Nc3cccc(OCc4ccccn4)c3)sc2n1. The summed E-state index contributed by atoms with van der Waals surface area (Å²) in [5.74, 6) is 1.31. The van der Waals surface area contributed by atoms with Gasteiger partial charge in [0.05, 0.1) is 10.6 Å². The molecular formula is C23H22N4O2S. The summed E-state index contributed by atoms with van der Waals surface area (Å²) in [6.45, 7) is 6.30. The van der Waals surface area contributed by atoms with Gasteiger partial charge in [-0.15, -0.1) is 11.3 Å². The summed E-state index contributed by atoms with van der Waals surface area (Å²) in [6, 6.07) is 13.1. The van der Waals surface area contributed by atoms with Crippen LogP contribution in [0.5, 0.6) is 5.75 Å². The molecule has 1 aromatic carbocycles. The van der Waals surface area contributed by atoms with E-state index in [0.29, 0.717) is 22.9 Å². The van der Waals surface area contributed by atoms with Crippen molar-refractivity contribution in [2.24, 2.45) is 0 Å². The van der Waals surface area contributed by atoms with Crippen LogP contribution in [0, 0.1) is 13.8 Å². The molecule has 1 amide bonds. The number of carbonyl (C=O) groups excluding carboxylic acids is 1. The summed E-state index contributed by atoms with van der Waals surface area (Å²) in [7, 11) is 0. The van der Waals surface area contributed by atoms with Crippen molar-refractivity contribution in [2.45, 2.75) is 33.8 Å². The van der Waals surface area contributed by atoms with Crippen LogP contribution in [-0.2, 0) is 13.0 Å². The molecule has 4 aromatic rings. The van der Waals surface area contributed by atoms with Gasteiger partial charge in [-0.1, -0.05) is 19.1 Å². The fourth-order valence-electron chi connectivity index (χ4n) is 3.26. The number of carbonyl (C=O) groups is 1. The second-order valence-electron chi connectivity index (χ2n) is 6.91. The first-order valence-corrected chi connectivity index (χ1v) is 10.6. The van der Waals surface area contributed by atoms with Crippen molar-refractivity contribution in [1.82, 2.24) is 15.0 Å². The van der Waals surface area contributed by atoms with Crippen LogP contribution >= 0.6 is 11.3 Å². The Morgan fingerprint density at radius 3 is 2.77 bits per heavy atom. The van der Waals surface area contributed by atoms with Crippen molar-refractivity contribution < 1.29 is 9.53 Å². The zero-order valence-electron chi connectivity index (χ0n) is 17.1. The Kier molecular flexibility index (Phi) is 5.72. The largest absolute Gasteiger partial charge is 0.487 e. The number of hydrogen-bond acceptors (Lipinski definition) is 6. The number of amides is 1. The number of hydrogen-bond donors (Lipinski definition) is 1.